The molecule has 0 aromatic heterocycles. The lowest BCUT2D eigenvalue weighted by Crippen LogP contribution is -2.34. The van der Waals surface area contributed by atoms with Crippen LogP contribution in [0, 0.1) is 0 Å². The maximum Gasteiger partial charge on any atom is 0.219 e. The van der Waals surface area contributed by atoms with Gasteiger partial charge in [0.1, 0.15) is 0 Å². The molecule has 88 valence electrons. The van der Waals surface area contributed by atoms with Crippen LogP contribution in [-0.4, -0.2) is 37.5 Å². The molecule has 0 heterocycles. The maximum absolute atomic E-state index is 10.8. The summed E-state index contributed by atoms with van der Waals surface area (Å²) in [5.41, 5.74) is 0. The van der Waals surface area contributed by atoms with Crippen molar-refractivity contribution in [2.45, 2.75) is 41.5 Å². The van der Waals surface area contributed by atoms with E-state index in [1.165, 1.54) is 0 Å². The summed E-state index contributed by atoms with van der Waals surface area (Å²) in [6, 6.07) is 0. The van der Waals surface area contributed by atoms with Crippen LogP contribution in [0.5, 0.6) is 0 Å². The maximum atomic E-state index is 10.8. The van der Waals surface area contributed by atoms with Gasteiger partial charge in [-0.1, -0.05) is 27.7 Å². The molecule has 0 aromatic rings. The first-order chi connectivity index (χ1) is 6.72. The van der Waals surface area contributed by atoms with E-state index in [0.29, 0.717) is 0 Å². The van der Waals surface area contributed by atoms with E-state index in [1.807, 2.05) is 41.7 Å². The molecule has 0 aliphatic carbocycles. The van der Waals surface area contributed by atoms with Gasteiger partial charge in [-0.05, 0) is 14.0 Å². The first-order valence-corrected chi connectivity index (χ1v) is 5.62. The number of hydrogen-bond acceptors (Lipinski definition) is 2. The van der Waals surface area contributed by atoms with Gasteiger partial charge in [0.15, 0.2) is 0 Å². The molecule has 3 nitrogen and oxygen atoms in total. The fourth-order valence-corrected chi connectivity index (χ4v) is 0.785. The van der Waals surface area contributed by atoms with Gasteiger partial charge >= 0.3 is 0 Å². The topological polar surface area (TPSA) is 32.3 Å². The second-order valence-electron chi connectivity index (χ2n) is 2.20. The second-order valence-corrected chi connectivity index (χ2v) is 2.20. The van der Waals surface area contributed by atoms with Crippen LogP contribution in [-0.2, 0) is 4.79 Å². The van der Waals surface area contributed by atoms with Gasteiger partial charge in [-0.25, -0.2) is 0 Å². The van der Waals surface area contributed by atoms with Gasteiger partial charge in [0, 0.05) is 26.6 Å². The van der Waals surface area contributed by atoms with Crippen LogP contribution in [0.2, 0.25) is 0 Å². The Labute approximate surface area is 89.9 Å². The summed E-state index contributed by atoms with van der Waals surface area (Å²) in [5, 5.41) is 2.99. The smallest absolute Gasteiger partial charge is 0.219 e. The van der Waals surface area contributed by atoms with Crippen molar-refractivity contribution in [2.75, 3.05) is 26.7 Å². The Hall–Kier alpha value is -0.570. The minimum atomic E-state index is 0.151. The number of nitrogens with one attached hydrogen (secondary N) is 1. The van der Waals surface area contributed by atoms with Gasteiger partial charge in [-0.2, -0.15) is 0 Å². The molecular formula is C11H28N2O. The van der Waals surface area contributed by atoms with Crippen molar-refractivity contribution < 1.29 is 4.79 Å². The van der Waals surface area contributed by atoms with Crippen LogP contribution in [0.15, 0.2) is 0 Å². The van der Waals surface area contributed by atoms with Crippen molar-refractivity contribution in [3.63, 3.8) is 0 Å². The third-order valence-corrected chi connectivity index (χ3v) is 1.46. The van der Waals surface area contributed by atoms with E-state index in [1.54, 1.807) is 11.8 Å². The number of carbonyl (C=O) groups excluding carboxylic acids is 1. The minimum Gasteiger partial charge on any atom is -0.342 e. The molecule has 3 heteroatoms. The van der Waals surface area contributed by atoms with Gasteiger partial charge in [-0.15, -0.1) is 0 Å². The normalized spacial score (nSPS) is 7.64. The lowest BCUT2D eigenvalue weighted by Gasteiger charge is -2.17. The standard InChI is InChI=1S/C7H16N2O.2C2H6/c1-4-9(7(2)10)6-5-8-3;2*1-2/h8H,4-6H2,1-3H3;2*1-2H3. The van der Waals surface area contributed by atoms with Crippen LogP contribution < -0.4 is 5.32 Å². The van der Waals surface area contributed by atoms with Crippen molar-refractivity contribution in [1.29, 1.82) is 0 Å². The number of amides is 1. The summed E-state index contributed by atoms with van der Waals surface area (Å²) < 4.78 is 0. The van der Waals surface area contributed by atoms with Crippen molar-refractivity contribution in [3.8, 4) is 0 Å². The van der Waals surface area contributed by atoms with E-state index in [0.717, 1.165) is 19.6 Å². The lowest BCUT2D eigenvalue weighted by molar-refractivity contribution is -0.128. The molecule has 0 unspecified atom stereocenters. The Balaban J connectivity index is -0.000000266. The Morgan fingerprint density at radius 3 is 1.86 bits per heavy atom. The summed E-state index contributed by atoms with van der Waals surface area (Å²) in [6.45, 7) is 14.1. The summed E-state index contributed by atoms with van der Waals surface area (Å²) in [6.07, 6.45) is 0. The van der Waals surface area contributed by atoms with E-state index >= 15 is 0 Å². The van der Waals surface area contributed by atoms with Gasteiger partial charge in [-0.3, -0.25) is 4.79 Å². The molecule has 1 amide bonds. The zero-order chi connectivity index (χ0) is 12.0. The molecule has 0 radical (unpaired) electrons. The van der Waals surface area contributed by atoms with Crippen molar-refractivity contribution in [2.24, 2.45) is 0 Å². The fraction of sp³-hybridized carbons (Fsp3) is 0.909. The minimum absolute atomic E-state index is 0.151. The van der Waals surface area contributed by atoms with E-state index in [4.69, 9.17) is 0 Å². The molecule has 0 fully saturated rings. The zero-order valence-electron chi connectivity index (χ0n) is 11.0. The number of carbonyl (C=O) groups is 1. The number of hydrogen-bond donors (Lipinski definition) is 1. The lowest BCUT2D eigenvalue weighted by atomic mass is 10.4. The predicted molar refractivity (Wildman–Crippen MR) is 64.6 cm³/mol. The Morgan fingerprint density at radius 2 is 1.64 bits per heavy atom. The average Bonchev–Trinajstić information content (AvgIpc) is 2.24. The molecule has 0 atom stereocenters. The first-order valence-electron chi connectivity index (χ1n) is 5.62. The van der Waals surface area contributed by atoms with E-state index in [2.05, 4.69) is 5.32 Å². The molecule has 1 N–H and O–H groups in total. The van der Waals surface area contributed by atoms with Crippen LogP contribution >= 0.6 is 0 Å². The van der Waals surface area contributed by atoms with Gasteiger partial charge in [0.25, 0.3) is 0 Å². The van der Waals surface area contributed by atoms with Crippen molar-refractivity contribution >= 4 is 5.91 Å². The molecule has 0 aromatic carbocycles. The van der Waals surface area contributed by atoms with Gasteiger partial charge < -0.3 is 10.2 Å². The summed E-state index contributed by atoms with van der Waals surface area (Å²) in [7, 11) is 1.88. The van der Waals surface area contributed by atoms with Crippen LogP contribution in [0.1, 0.15) is 41.5 Å². The van der Waals surface area contributed by atoms with Gasteiger partial charge in [0.05, 0.1) is 0 Å². The molecule has 14 heavy (non-hydrogen) atoms. The number of rotatable bonds is 4. The SMILES string of the molecule is CC.CC.CCN(CCNC)C(C)=O. The van der Waals surface area contributed by atoms with E-state index in [-0.39, 0.29) is 5.91 Å². The Kier molecular flexibility index (Phi) is 24.9. The highest BCUT2D eigenvalue weighted by molar-refractivity contribution is 5.73. The molecule has 0 spiro atoms. The average molecular weight is 204 g/mol. The number of nitrogens with zero attached hydrogens (tertiary/aromatic N) is 1. The second kappa shape index (κ2) is 18.3. The summed E-state index contributed by atoms with van der Waals surface area (Å²) >= 11 is 0. The van der Waals surface area contributed by atoms with E-state index < -0.39 is 0 Å². The highest BCUT2D eigenvalue weighted by Crippen LogP contribution is 1.85. The third-order valence-electron chi connectivity index (χ3n) is 1.46. The number of likely N-dealkylation sites (N-methyl/N-ethyl adjacent to an activating group) is 2. The van der Waals surface area contributed by atoms with Crippen molar-refractivity contribution in [1.82, 2.24) is 10.2 Å². The highest BCUT2D eigenvalue weighted by atomic mass is 16.2. The van der Waals surface area contributed by atoms with E-state index in [9.17, 15) is 4.79 Å². The molecule has 0 saturated carbocycles. The quantitative estimate of drug-likeness (QED) is 0.761. The van der Waals surface area contributed by atoms with Gasteiger partial charge in [0.2, 0.25) is 5.91 Å². The highest BCUT2D eigenvalue weighted by Gasteiger charge is 2.02. The van der Waals surface area contributed by atoms with Crippen LogP contribution in [0.4, 0.5) is 0 Å². The molecule has 0 saturated heterocycles. The first kappa shape index (κ1) is 19.1. The molecular weight excluding hydrogens is 176 g/mol. The van der Waals surface area contributed by atoms with Crippen LogP contribution in [0.3, 0.4) is 0 Å². The van der Waals surface area contributed by atoms with Crippen LogP contribution in [0.25, 0.3) is 0 Å². The predicted octanol–water partition coefficient (Wildman–Crippen LogP) is 2.13. The third kappa shape index (κ3) is 14.0. The Bertz CT molecular complexity index is 105. The summed E-state index contributed by atoms with van der Waals surface area (Å²) in [5.74, 6) is 0.151. The largest absolute Gasteiger partial charge is 0.342 e. The molecule has 0 aliphatic rings. The summed E-state index contributed by atoms with van der Waals surface area (Å²) in [4.78, 5) is 12.6. The molecule has 0 bridgehead atoms. The monoisotopic (exact) mass is 204 g/mol. The van der Waals surface area contributed by atoms with Crippen molar-refractivity contribution in [3.05, 3.63) is 0 Å². The molecule has 0 rings (SSSR count). The fourth-order valence-electron chi connectivity index (χ4n) is 0.785. The zero-order valence-corrected chi connectivity index (χ0v) is 11.0. The molecule has 0 aliphatic heterocycles. The Morgan fingerprint density at radius 1 is 1.21 bits per heavy atom.